The molecule has 1 N–H and O–H groups in total. The summed E-state index contributed by atoms with van der Waals surface area (Å²) < 4.78 is 1.82. The Bertz CT molecular complexity index is 1390. The molecule has 0 bridgehead atoms. The number of hydrogen-bond donors (Lipinski definition) is 1. The van der Waals surface area contributed by atoms with E-state index in [0.717, 1.165) is 59.8 Å². The summed E-state index contributed by atoms with van der Waals surface area (Å²) in [7, 11) is 1.89. The standard InChI is InChI=1S/C30H32N4O/c1-21-10-9-13-25(18-21)29-26(20-27(30(35)33(29)3)34-16-7-8-17-34)24-14-15-31-28(19-24)32-22(2)23-11-5-4-6-12-23/h4-6,9-15,18-20,22H,7-8,16-17H2,1-3H3,(H,31,32). The number of anilines is 2. The zero-order chi connectivity index (χ0) is 24.4. The average Bonchev–Trinajstić information content (AvgIpc) is 3.41. The molecule has 4 aromatic rings. The summed E-state index contributed by atoms with van der Waals surface area (Å²) in [6.07, 6.45) is 4.09. The van der Waals surface area contributed by atoms with Crippen LogP contribution in [0.25, 0.3) is 22.4 Å². The molecule has 1 atom stereocenters. The van der Waals surface area contributed by atoms with Crippen molar-refractivity contribution in [2.75, 3.05) is 23.3 Å². The molecular formula is C30H32N4O. The first-order valence-electron chi connectivity index (χ1n) is 12.3. The second-order valence-corrected chi connectivity index (χ2v) is 9.43. The molecule has 1 aliphatic heterocycles. The normalized spacial score (nSPS) is 14.2. The van der Waals surface area contributed by atoms with Gasteiger partial charge in [0.15, 0.2) is 0 Å². The minimum Gasteiger partial charge on any atom is -0.367 e. The monoisotopic (exact) mass is 464 g/mol. The van der Waals surface area contributed by atoms with Crippen molar-refractivity contribution in [1.29, 1.82) is 0 Å². The van der Waals surface area contributed by atoms with Gasteiger partial charge in [-0.1, -0.05) is 54.1 Å². The molecule has 5 rings (SSSR count). The zero-order valence-corrected chi connectivity index (χ0v) is 20.7. The van der Waals surface area contributed by atoms with Gasteiger partial charge in [-0.25, -0.2) is 4.98 Å². The van der Waals surface area contributed by atoms with Gasteiger partial charge in [-0.2, -0.15) is 0 Å². The number of rotatable bonds is 6. The second kappa shape index (κ2) is 9.79. The summed E-state index contributed by atoms with van der Waals surface area (Å²) in [4.78, 5) is 20.3. The highest BCUT2D eigenvalue weighted by molar-refractivity contribution is 5.84. The number of nitrogens with one attached hydrogen (secondary N) is 1. The highest BCUT2D eigenvalue weighted by atomic mass is 16.1. The largest absolute Gasteiger partial charge is 0.367 e. The number of aryl methyl sites for hydroxylation is 1. The van der Waals surface area contributed by atoms with E-state index in [0.29, 0.717) is 0 Å². The summed E-state index contributed by atoms with van der Waals surface area (Å²) in [5.74, 6) is 0.811. The molecule has 5 heteroatoms. The molecule has 1 saturated heterocycles. The number of aromatic nitrogens is 2. The third-order valence-corrected chi connectivity index (χ3v) is 6.87. The van der Waals surface area contributed by atoms with E-state index in [1.165, 1.54) is 11.1 Å². The van der Waals surface area contributed by atoms with E-state index in [2.05, 4.69) is 83.6 Å². The molecule has 178 valence electrons. The van der Waals surface area contributed by atoms with Crippen LogP contribution in [0.5, 0.6) is 0 Å². The Balaban J connectivity index is 1.62. The first-order chi connectivity index (χ1) is 17.0. The molecule has 1 aliphatic rings. The van der Waals surface area contributed by atoms with Crippen LogP contribution < -0.4 is 15.8 Å². The minimum absolute atomic E-state index is 0.0530. The maximum absolute atomic E-state index is 13.5. The van der Waals surface area contributed by atoms with E-state index in [9.17, 15) is 4.79 Å². The molecule has 2 aromatic heterocycles. The van der Waals surface area contributed by atoms with Crippen LogP contribution >= 0.6 is 0 Å². The molecule has 35 heavy (non-hydrogen) atoms. The lowest BCUT2D eigenvalue weighted by atomic mass is 9.97. The SMILES string of the molecule is Cc1cccc(-c2c(-c3ccnc(NC(C)c4ccccc4)c3)cc(N3CCCC3)c(=O)n2C)c1. The highest BCUT2D eigenvalue weighted by Crippen LogP contribution is 2.35. The third-order valence-electron chi connectivity index (χ3n) is 6.87. The fourth-order valence-corrected chi connectivity index (χ4v) is 4.99. The summed E-state index contributed by atoms with van der Waals surface area (Å²) in [6, 6.07) is 25.1. The summed E-state index contributed by atoms with van der Waals surface area (Å²) in [6.45, 7) is 6.07. The van der Waals surface area contributed by atoms with Gasteiger partial charge in [-0.05, 0) is 67.6 Å². The highest BCUT2D eigenvalue weighted by Gasteiger charge is 2.22. The molecule has 5 nitrogen and oxygen atoms in total. The van der Waals surface area contributed by atoms with Crippen molar-refractivity contribution in [2.24, 2.45) is 7.05 Å². The molecule has 0 radical (unpaired) electrons. The van der Waals surface area contributed by atoms with E-state index in [4.69, 9.17) is 0 Å². The predicted molar refractivity (Wildman–Crippen MR) is 145 cm³/mol. The molecule has 0 spiro atoms. The maximum Gasteiger partial charge on any atom is 0.274 e. The van der Waals surface area contributed by atoms with Gasteiger partial charge in [0.2, 0.25) is 0 Å². The van der Waals surface area contributed by atoms with E-state index in [1.807, 2.05) is 36.0 Å². The van der Waals surface area contributed by atoms with Gasteiger partial charge in [-0.15, -0.1) is 0 Å². The Morgan fingerprint density at radius 2 is 1.69 bits per heavy atom. The van der Waals surface area contributed by atoms with Crippen molar-refractivity contribution in [3.05, 3.63) is 100 Å². The predicted octanol–water partition coefficient (Wildman–Crippen LogP) is 6.20. The lowest BCUT2D eigenvalue weighted by molar-refractivity contribution is 0.847. The van der Waals surface area contributed by atoms with E-state index >= 15 is 0 Å². The van der Waals surface area contributed by atoms with Gasteiger partial charge < -0.3 is 14.8 Å². The van der Waals surface area contributed by atoms with Crippen molar-refractivity contribution in [3.8, 4) is 22.4 Å². The van der Waals surface area contributed by atoms with Crippen LogP contribution in [0, 0.1) is 6.92 Å². The van der Waals surface area contributed by atoms with E-state index in [-0.39, 0.29) is 11.6 Å². The molecule has 0 amide bonds. The number of pyridine rings is 2. The first kappa shape index (κ1) is 22.9. The molecule has 3 heterocycles. The first-order valence-corrected chi connectivity index (χ1v) is 12.3. The van der Waals surface area contributed by atoms with Gasteiger partial charge in [0, 0.05) is 37.9 Å². The molecule has 2 aromatic carbocycles. The van der Waals surface area contributed by atoms with Crippen LogP contribution in [-0.2, 0) is 7.05 Å². The van der Waals surface area contributed by atoms with E-state index in [1.54, 1.807) is 0 Å². The van der Waals surface area contributed by atoms with Gasteiger partial charge >= 0.3 is 0 Å². The van der Waals surface area contributed by atoms with Crippen LogP contribution in [0.4, 0.5) is 11.5 Å². The fourth-order valence-electron chi connectivity index (χ4n) is 4.99. The topological polar surface area (TPSA) is 50.2 Å². The Kier molecular flexibility index (Phi) is 6.41. The second-order valence-electron chi connectivity index (χ2n) is 9.43. The maximum atomic E-state index is 13.5. The van der Waals surface area contributed by atoms with Gasteiger partial charge in [0.1, 0.15) is 11.5 Å². The number of hydrogen-bond acceptors (Lipinski definition) is 4. The average molecular weight is 465 g/mol. The van der Waals surface area contributed by atoms with Crippen molar-refractivity contribution in [1.82, 2.24) is 9.55 Å². The van der Waals surface area contributed by atoms with Gasteiger partial charge in [0.05, 0.1) is 5.69 Å². The molecule has 0 aliphatic carbocycles. The Labute approximate surface area is 207 Å². The van der Waals surface area contributed by atoms with E-state index < -0.39 is 0 Å². The molecule has 1 fully saturated rings. The van der Waals surface area contributed by atoms with Crippen LogP contribution in [0.15, 0.2) is 83.8 Å². The molecule has 0 saturated carbocycles. The zero-order valence-electron chi connectivity index (χ0n) is 20.7. The van der Waals surface area contributed by atoms with Crippen LogP contribution in [0.3, 0.4) is 0 Å². The quantitative estimate of drug-likeness (QED) is 0.369. The van der Waals surface area contributed by atoms with Gasteiger partial charge in [0.25, 0.3) is 5.56 Å². The number of nitrogens with zero attached hydrogens (tertiary/aromatic N) is 3. The molecular weight excluding hydrogens is 432 g/mol. The Morgan fingerprint density at radius 3 is 2.43 bits per heavy atom. The van der Waals surface area contributed by atoms with Crippen molar-refractivity contribution in [2.45, 2.75) is 32.7 Å². The Morgan fingerprint density at radius 1 is 0.914 bits per heavy atom. The number of benzene rings is 2. The van der Waals surface area contributed by atoms with Crippen LogP contribution in [0.1, 0.15) is 36.9 Å². The van der Waals surface area contributed by atoms with Crippen LogP contribution in [0.2, 0.25) is 0 Å². The van der Waals surface area contributed by atoms with Crippen LogP contribution in [-0.4, -0.2) is 22.6 Å². The molecule has 1 unspecified atom stereocenters. The Hall–Kier alpha value is -3.86. The van der Waals surface area contributed by atoms with Gasteiger partial charge in [-0.3, -0.25) is 4.79 Å². The summed E-state index contributed by atoms with van der Waals surface area (Å²) >= 11 is 0. The smallest absolute Gasteiger partial charge is 0.274 e. The summed E-state index contributed by atoms with van der Waals surface area (Å²) in [5, 5.41) is 3.54. The lowest BCUT2D eigenvalue weighted by Gasteiger charge is -2.23. The fraction of sp³-hybridized carbons (Fsp3) is 0.267. The van der Waals surface area contributed by atoms with Crippen molar-refractivity contribution in [3.63, 3.8) is 0 Å². The van der Waals surface area contributed by atoms with Crippen molar-refractivity contribution < 1.29 is 0 Å². The lowest BCUT2D eigenvalue weighted by Crippen LogP contribution is -2.30. The summed E-state index contributed by atoms with van der Waals surface area (Å²) in [5.41, 5.74) is 7.24. The third kappa shape index (κ3) is 4.72. The minimum atomic E-state index is 0.0530. The van der Waals surface area contributed by atoms with Crippen molar-refractivity contribution >= 4 is 11.5 Å².